The summed E-state index contributed by atoms with van der Waals surface area (Å²) in [4.78, 5) is 13.8. The van der Waals surface area contributed by atoms with Crippen LogP contribution in [0.15, 0.2) is 0 Å². The number of nitrogens with one attached hydrogen (secondary N) is 1. The van der Waals surface area contributed by atoms with Crippen LogP contribution in [0.1, 0.15) is 27.2 Å². The maximum Gasteiger partial charge on any atom is 0.228 e. The Hall–Kier alpha value is -0.610. The first-order chi connectivity index (χ1) is 6.90. The summed E-state index contributed by atoms with van der Waals surface area (Å²) < 4.78 is 0. The van der Waals surface area contributed by atoms with E-state index in [9.17, 15) is 9.90 Å². The number of amides is 1. The minimum absolute atomic E-state index is 0.0803. The van der Waals surface area contributed by atoms with Crippen LogP contribution >= 0.6 is 0 Å². The summed E-state index contributed by atoms with van der Waals surface area (Å²) in [6.45, 7) is 7.16. The van der Waals surface area contributed by atoms with E-state index in [1.807, 2.05) is 20.8 Å². The molecule has 4 heteroatoms. The molecule has 1 saturated heterocycles. The van der Waals surface area contributed by atoms with Crippen LogP contribution < -0.4 is 5.32 Å². The SMILES string of the molecule is CCC(C)(C)C(=O)N(C)[C@@H]1CNC[C@H]1O. The molecule has 0 saturated carbocycles. The molecule has 2 atom stereocenters. The van der Waals surface area contributed by atoms with Gasteiger partial charge in [0.2, 0.25) is 5.91 Å². The van der Waals surface area contributed by atoms with E-state index >= 15 is 0 Å². The molecule has 0 aliphatic carbocycles. The minimum atomic E-state index is -0.438. The molecular weight excluding hydrogens is 192 g/mol. The van der Waals surface area contributed by atoms with Gasteiger partial charge in [0, 0.05) is 25.6 Å². The van der Waals surface area contributed by atoms with Crippen LogP contribution in [0.4, 0.5) is 0 Å². The highest BCUT2D eigenvalue weighted by Crippen LogP contribution is 2.24. The molecule has 1 fully saturated rings. The number of hydrogen-bond donors (Lipinski definition) is 2. The molecule has 0 spiro atoms. The Morgan fingerprint density at radius 2 is 2.13 bits per heavy atom. The van der Waals surface area contributed by atoms with Crippen LogP contribution in [0.5, 0.6) is 0 Å². The molecule has 0 radical (unpaired) electrons. The van der Waals surface area contributed by atoms with Gasteiger partial charge in [0.15, 0.2) is 0 Å². The summed E-state index contributed by atoms with van der Waals surface area (Å²) in [6.07, 6.45) is 0.374. The quantitative estimate of drug-likeness (QED) is 0.706. The van der Waals surface area contributed by atoms with Crippen LogP contribution in [-0.4, -0.2) is 48.2 Å². The molecule has 1 rings (SSSR count). The normalized spacial score (nSPS) is 26.7. The maximum absolute atomic E-state index is 12.1. The summed E-state index contributed by atoms with van der Waals surface area (Å²) in [7, 11) is 1.78. The molecule has 0 unspecified atom stereocenters. The lowest BCUT2D eigenvalue weighted by atomic mass is 9.88. The predicted octanol–water partition coefficient (Wildman–Crippen LogP) is 0.214. The lowest BCUT2D eigenvalue weighted by Crippen LogP contribution is -2.49. The molecule has 4 nitrogen and oxygen atoms in total. The maximum atomic E-state index is 12.1. The van der Waals surface area contributed by atoms with E-state index in [2.05, 4.69) is 5.32 Å². The Bertz CT molecular complexity index is 241. The van der Waals surface area contributed by atoms with Crippen molar-refractivity contribution in [2.75, 3.05) is 20.1 Å². The number of aliphatic hydroxyl groups is 1. The average Bonchev–Trinajstić information content (AvgIpc) is 2.62. The fourth-order valence-electron chi connectivity index (χ4n) is 1.83. The molecule has 1 aliphatic heterocycles. The second-order valence-electron chi connectivity index (χ2n) is 4.95. The molecule has 0 aromatic carbocycles. The van der Waals surface area contributed by atoms with Gasteiger partial charge in [0.1, 0.15) is 0 Å². The Labute approximate surface area is 91.6 Å². The molecule has 1 aliphatic rings. The van der Waals surface area contributed by atoms with E-state index in [-0.39, 0.29) is 17.4 Å². The summed E-state index contributed by atoms with van der Waals surface area (Å²) in [5, 5.41) is 12.8. The second-order valence-corrected chi connectivity index (χ2v) is 4.95. The summed E-state index contributed by atoms with van der Waals surface area (Å²) in [5.41, 5.74) is -0.336. The third-order valence-corrected chi connectivity index (χ3v) is 3.43. The zero-order chi connectivity index (χ0) is 11.6. The van der Waals surface area contributed by atoms with Gasteiger partial charge in [-0.1, -0.05) is 20.8 Å². The third-order valence-electron chi connectivity index (χ3n) is 3.43. The van der Waals surface area contributed by atoms with Gasteiger partial charge in [-0.15, -0.1) is 0 Å². The first-order valence-electron chi connectivity index (χ1n) is 5.56. The highest BCUT2D eigenvalue weighted by molar-refractivity contribution is 5.82. The number of carbonyl (C=O) groups excluding carboxylic acids is 1. The smallest absolute Gasteiger partial charge is 0.228 e. The monoisotopic (exact) mass is 214 g/mol. The van der Waals surface area contributed by atoms with E-state index < -0.39 is 6.10 Å². The van der Waals surface area contributed by atoms with Crippen molar-refractivity contribution < 1.29 is 9.90 Å². The van der Waals surface area contributed by atoms with Gasteiger partial charge in [-0.05, 0) is 6.42 Å². The van der Waals surface area contributed by atoms with Gasteiger partial charge in [0.05, 0.1) is 12.1 Å². The number of hydrogen-bond acceptors (Lipinski definition) is 3. The average molecular weight is 214 g/mol. The summed E-state index contributed by atoms with van der Waals surface area (Å²) >= 11 is 0. The molecule has 0 bridgehead atoms. The van der Waals surface area contributed by atoms with Crippen molar-refractivity contribution in [3.8, 4) is 0 Å². The van der Waals surface area contributed by atoms with Crippen molar-refractivity contribution in [1.29, 1.82) is 0 Å². The fourth-order valence-corrected chi connectivity index (χ4v) is 1.83. The van der Waals surface area contributed by atoms with Crippen molar-refractivity contribution in [2.45, 2.75) is 39.3 Å². The van der Waals surface area contributed by atoms with Gasteiger partial charge < -0.3 is 15.3 Å². The Balaban J connectivity index is 2.67. The van der Waals surface area contributed by atoms with E-state index in [4.69, 9.17) is 0 Å². The zero-order valence-electron chi connectivity index (χ0n) is 10.1. The Kier molecular flexibility index (Phi) is 3.73. The number of carbonyl (C=O) groups is 1. The van der Waals surface area contributed by atoms with Gasteiger partial charge in [-0.3, -0.25) is 4.79 Å². The van der Waals surface area contributed by atoms with E-state index in [1.54, 1.807) is 11.9 Å². The highest BCUT2D eigenvalue weighted by atomic mass is 16.3. The second kappa shape index (κ2) is 4.49. The fraction of sp³-hybridized carbons (Fsp3) is 0.909. The topological polar surface area (TPSA) is 52.6 Å². The molecule has 15 heavy (non-hydrogen) atoms. The van der Waals surface area contributed by atoms with E-state index in [0.29, 0.717) is 13.1 Å². The molecule has 88 valence electrons. The van der Waals surface area contributed by atoms with Gasteiger partial charge in [-0.25, -0.2) is 0 Å². The Morgan fingerprint density at radius 1 is 1.53 bits per heavy atom. The van der Waals surface area contributed by atoms with Crippen LogP contribution in [0.25, 0.3) is 0 Å². The largest absolute Gasteiger partial charge is 0.390 e. The minimum Gasteiger partial charge on any atom is -0.390 e. The molecule has 1 amide bonds. The first kappa shape index (κ1) is 12.5. The number of β-amino-alcohol motifs (C(OH)–C–C–N with tert-alkyl or cyclic N) is 1. The third kappa shape index (κ3) is 2.49. The zero-order valence-corrected chi connectivity index (χ0v) is 10.1. The van der Waals surface area contributed by atoms with Crippen LogP contribution in [-0.2, 0) is 4.79 Å². The van der Waals surface area contributed by atoms with Crippen molar-refractivity contribution >= 4 is 5.91 Å². The Morgan fingerprint density at radius 3 is 2.53 bits per heavy atom. The lowest BCUT2D eigenvalue weighted by molar-refractivity contribution is -0.142. The van der Waals surface area contributed by atoms with Crippen LogP contribution in [0, 0.1) is 5.41 Å². The molecule has 2 N–H and O–H groups in total. The van der Waals surface area contributed by atoms with Crippen molar-refractivity contribution in [1.82, 2.24) is 10.2 Å². The van der Waals surface area contributed by atoms with Gasteiger partial charge >= 0.3 is 0 Å². The summed E-state index contributed by atoms with van der Waals surface area (Å²) in [5.74, 6) is 0.109. The van der Waals surface area contributed by atoms with E-state index in [1.165, 1.54) is 0 Å². The molecule has 0 aromatic rings. The molecule has 0 aromatic heterocycles. The standard InChI is InChI=1S/C11H22N2O2/c1-5-11(2,3)10(15)13(4)8-6-12-7-9(8)14/h8-9,12,14H,5-7H2,1-4H3/t8-,9-/m1/s1. The van der Waals surface area contributed by atoms with Crippen molar-refractivity contribution in [3.05, 3.63) is 0 Å². The van der Waals surface area contributed by atoms with Crippen LogP contribution in [0.2, 0.25) is 0 Å². The van der Waals surface area contributed by atoms with Crippen molar-refractivity contribution in [2.24, 2.45) is 5.41 Å². The van der Waals surface area contributed by atoms with Crippen molar-refractivity contribution in [3.63, 3.8) is 0 Å². The lowest BCUT2D eigenvalue weighted by Gasteiger charge is -2.33. The number of nitrogens with zero attached hydrogens (tertiary/aromatic N) is 1. The first-order valence-corrected chi connectivity index (χ1v) is 5.56. The summed E-state index contributed by atoms with van der Waals surface area (Å²) in [6, 6.07) is -0.0803. The molecule has 1 heterocycles. The number of likely N-dealkylation sites (N-methyl/N-ethyl adjacent to an activating group) is 1. The predicted molar refractivity (Wildman–Crippen MR) is 59.5 cm³/mol. The van der Waals surface area contributed by atoms with Gasteiger partial charge in [0.25, 0.3) is 0 Å². The highest BCUT2D eigenvalue weighted by Gasteiger charge is 2.36. The number of rotatable bonds is 3. The van der Waals surface area contributed by atoms with Crippen LogP contribution in [0.3, 0.4) is 0 Å². The number of aliphatic hydroxyl groups excluding tert-OH is 1. The molecular formula is C11H22N2O2. The van der Waals surface area contributed by atoms with Gasteiger partial charge in [-0.2, -0.15) is 0 Å². The van der Waals surface area contributed by atoms with E-state index in [0.717, 1.165) is 6.42 Å².